The van der Waals surface area contributed by atoms with Crippen molar-refractivity contribution in [2.24, 2.45) is 4.99 Å². The molecule has 4 nitrogen and oxygen atoms in total. The standard InChI is InChI=1S/C25H23F3N2O2/c1-24(2,3)32-31-23-20-11-7-8-12-21(20)29-22(30(23)19-9-5-4-6-10-19)17-13-15-18(16-14-17)25(26,27)28/h4-16,23H,1-3H3. The summed E-state index contributed by atoms with van der Waals surface area (Å²) in [6.07, 6.45) is -5.10. The van der Waals surface area contributed by atoms with Crippen molar-refractivity contribution in [3.05, 3.63) is 95.6 Å². The molecule has 166 valence electrons. The molecule has 0 aromatic heterocycles. The Kier molecular flexibility index (Phi) is 5.79. The van der Waals surface area contributed by atoms with Gasteiger partial charge in [0.1, 0.15) is 5.84 Å². The molecule has 3 aromatic rings. The summed E-state index contributed by atoms with van der Waals surface area (Å²) in [7, 11) is 0. The summed E-state index contributed by atoms with van der Waals surface area (Å²) in [6, 6.07) is 21.9. The van der Waals surface area contributed by atoms with Crippen molar-refractivity contribution in [1.29, 1.82) is 0 Å². The van der Waals surface area contributed by atoms with Gasteiger partial charge in [0, 0.05) is 16.8 Å². The van der Waals surface area contributed by atoms with Crippen LogP contribution in [-0.4, -0.2) is 11.4 Å². The molecule has 1 unspecified atom stereocenters. The number of anilines is 1. The van der Waals surface area contributed by atoms with Gasteiger partial charge >= 0.3 is 6.18 Å². The molecule has 0 saturated heterocycles. The number of aliphatic imine (C=N–C) groups is 1. The molecule has 7 heteroatoms. The van der Waals surface area contributed by atoms with E-state index in [9.17, 15) is 13.2 Å². The van der Waals surface area contributed by atoms with Crippen LogP contribution in [0.25, 0.3) is 0 Å². The molecule has 0 bridgehead atoms. The van der Waals surface area contributed by atoms with E-state index in [0.717, 1.165) is 23.4 Å². The largest absolute Gasteiger partial charge is 0.416 e. The Morgan fingerprint density at radius 3 is 2.06 bits per heavy atom. The first-order chi connectivity index (χ1) is 15.1. The van der Waals surface area contributed by atoms with Crippen molar-refractivity contribution in [2.45, 2.75) is 38.8 Å². The van der Waals surface area contributed by atoms with Crippen LogP contribution in [0.1, 0.15) is 43.7 Å². The molecule has 0 amide bonds. The number of benzene rings is 3. The van der Waals surface area contributed by atoms with Gasteiger partial charge in [-0.3, -0.25) is 4.90 Å². The summed E-state index contributed by atoms with van der Waals surface area (Å²) in [6.45, 7) is 5.62. The Morgan fingerprint density at radius 2 is 1.44 bits per heavy atom. The molecule has 0 aliphatic carbocycles. The molecule has 1 atom stereocenters. The molecule has 1 aliphatic rings. The van der Waals surface area contributed by atoms with E-state index in [1.165, 1.54) is 12.1 Å². The maximum absolute atomic E-state index is 13.1. The Morgan fingerprint density at radius 1 is 0.812 bits per heavy atom. The quantitative estimate of drug-likeness (QED) is 0.322. The minimum Gasteiger partial charge on any atom is -0.293 e. The van der Waals surface area contributed by atoms with Gasteiger partial charge in [0.25, 0.3) is 0 Å². The van der Waals surface area contributed by atoms with Crippen molar-refractivity contribution in [2.75, 3.05) is 4.90 Å². The van der Waals surface area contributed by atoms with Crippen LogP contribution in [0.4, 0.5) is 24.5 Å². The maximum atomic E-state index is 13.1. The summed E-state index contributed by atoms with van der Waals surface area (Å²) in [5.74, 6) is 0.464. The van der Waals surface area contributed by atoms with Crippen LogP contribution in [-0.2, 0) is 16.0 Å². The zero-order valence-electron chi connectivity index (χ0n) is 17.9. The summed E-state index contributed by atoms with van der Waals surface area (Å²) in [5.41, 5.74) is 1.46. The zero-order valence-corrected chi connectivity index (χ0v) is 17.9. The number of fused-ring (bicyclic) bond motifs is 1. The molecule has 3 aromatic carbocycles. The second-order valence-electron chi connectivity index (χ2n) is 8.42. The van der Waals surface area contributed by atoms with Crippen LogP contribution in [0, 0.1) is 0 Å². The highest BCUT2D eigenvalue weighted by Crippen LogP contribution is 2.41. The number of alkyl halides is 3. The number of amidine groups is 1. The normalized spacial score (nSPS) is 16.5. The Balaban J connectivity index is 1.85. The Hall–Kier alpha value is -3.16. The minimum atomic E-state index is -4.41. The number of rotatable bonds is 4. The van der Waals surface area contributed by atoms with Crippen LogP contribution in [0.2, 0.25) is 0 Å². The summed E-state index contributed by atoms with van der Waals surface area (Å²) >= 11 is 0. The van der Waals surface area contributed by atoms with Crippen molar-refractivity contribution in [1.82, 2.24) is 0 Å². The third-order valence-electron chi connectivity index (χ3n) is 4.79. The molecule has 1 heterocycles. The van der Waals surface area contributed by atoms with Gasteiger partial charge < -0.3 is 0 Å². The highest BCUT2D eigenvalue weighted by molar-refractivity contribution is 6.12. The molecule has 0 fully saturated rings. The average molecular weight is 440 g/mol. The number of hydrogen-bond acceptors (Lipinski definition) is 4. The minimum absolute atomic E-state index is 0.464. The highest BCUT2D eigenvalue weighted by Gasteiger charge is 2.35. The number of nitrogens with zero attached hydrogens (tertiary/aromatic N) is 2. The van der Waals surface area contributed by atoms with Crippen LogP contribution < -0.4 is 4.90 Å². The van der Waals surface area contributed by atoms with Crippen molar-refractivity contribution >= 4 is 17.2 Å². The zero-order chi connectivity index (χ0) is 22.9. The molecular weight excluding hydrogens is 417 g/mol. The molecule has 0 saturated carbocycles. The van der Waals surface area contributed by atoms with E-state index in [1.807, 2.05) is 80.3 Å². The Bertz CT molecular complexity index is 1100. The van der Waals surface area contributed by atoms with Gasteiger partial charge in [-0.25, -0.2) is 14.8 Å². The van der Waals surface area contributed by atoms with Gasteiger partial charge in [-0.1, -0.05) is 48.5 Å². The van der Waals surface area contributed by atoms with Crippen LogP contribution >= 0.6 is 0 Å². The van der Waals surface area contributed by atoms with E-state index >= 15 is 0 Å². The fraction of sp³-hybridized carbons (Fsp3) is 0.240. The molecule has 4 rings (SSSR count). The Labute approximate surface area is 184 Å². The molecule has 32 heavy (non-hydrogen) atoms. The average Bonchev–Trinajstić information content (AvgIpc) is 2.76. The molecular formula is C25H23F3N2O2. The fourth-order valence-electron chi connectivity index (χ4n) is 3.36. The van der Waals surface area contributed by atoms with Gasteiger partial charge in [0.2, 0.25) is 0 Å². The van der Waals surface area contributed by atoms with Gasteiger partial charge in [0.05, 0.1) is 16.9 Å². The van der Waals surface area contributed by atoms with Crippen LogP contribution in [0.15, 0.2) is 83.9 Å². The van der Waals surface area contributed by atoms with Crippen LogP contribution in [0.3, 0.4) is 0 Å². The number of halogens is 3. The highest BCUT2D eigenvalue weighted by atomic mass is 19.4. The van der Waals surface area contributed by atoms with E-state index in [-0.39, 0.29) is 0 Å². The topological polar surface area (TPSA) is 34.1 Å². The smallest absolute Gasteiger partial charge is 0.293 e. The molecule has 0 radical (unpaired) electrons. The van der Waals surface area contributed by atoms with E-state index in [0.29, 0.717) is 17.1 Å². The third-order valence-corrected chi connectivity index (χ3v) is 4.79. The lowest BCUT2D eigenvalue weighted by Gasteiger charge is -2.38. The molecule has 0 N–H and O–H groups in total. The maximum Gasteiger partial charge on any atom is 0.416 e. The predicted octanol–water partition coefficient (Wildman–Crippen LogP) is 7.05. The lowest BCUT2D eigenvalue weighted by Crippen LogP contribution is -2.40. The number of hydrogen-bond donors (Lipinski definition) is 0. The van der Waals surface area contributed by atoms with E-state index in [4.69, 9.17) is 14.8 Å². The molecule has 0 spiro atoms. The molecule has 1 aliphatic heterocycles. The van der Waals surface area contributed by atoms with Crippen molar-refractivity contribution in [3.63, 3.8) is 0 Å². The summed E-state index contributed by atoms with van der Waals surface area (Å²) < 4.78 is 39.3. The SMILES string of the molecule is CC(C)(C)OOC1c2ccccc2N=C(c2ccc(C(F)(F)F)cc2)N1c1ccccc1. The number of para-hydroxylation sites is 2. The monoisotopic (exact) mass is 440 g/mol. The van der Waals surface area contributed by atoms with E-state index in [1.54, 1.807) is 0 Å². The van der Waals surface area contributed by atoms with Gasteiger partial charge in [-0.05, 0) is 51.1 Å². The van der Waals surface area contributed by atoms with E-state index < -0.39 is 23.6 Å². The van der Waals surface area contributed by atoms with Crippen LogP contribution in [0.5, 0.6) is 0 Å². The van der Waals surface area contributed by atoms with Crippen molar-refractivity contribution < 1.29 is 22.9 Å². The third kappa shape index (κ3) is 4.69. The second kappa shape index (κ2) is 8.41. The predicted molar refractivity (Wildman–Crippen MR) is 118 cm³/mol. The first-order valence-corrected chi connectivity index (χ1v) is 10.2. The van der Waals surface area contributed by atoms with Gasteiger partial charge in [-0.2, -0.15) is 13.2 Å². The van der Waals surface area contributed by atoms with Crippen molar-refractivity contribution in [3.8, 4) is 0 Å². The first-order valence-electron chi connectivity index (χ1n) is 10.2. The first kappa shape index (κ1) is 22.0. The summed E-state index contributed by atoms with van der Waals surface area (Å²) in [4.78, 5) is 18.2. The van der Waals surface area contributed by atoms with Gasteiger partial charge in [-0.15, -0.1) is 0 Å². The lowest BCUT2D eigenvalue weighted by atomic mass is 10.0. The fourth-order valence-corrected chi connectivity index (χ4v) is 3.36. The van der Waals surface area contributed by atoms with E-state index in [2.05, 4.69) is 0 Å². The summed E-state index contributed by atoms with van der Waals surface area (Å²) in [5, 5.41) is 0. The van der Waals surface area contributed by atoms with Gasteiger partial charge in [0.15, 0.2) is 6.23 Å². The second-order valence-corrected chi connectivity index (χ2v) is 8.42. The lowest BCUT2D eigenvalue weighted by molar-refractivity contribution is -0.374.